The fourth-order valence-corrected chi connectivity index (χ4v) is 4.43. The summed E-state index contributed by atoms with van der Waals surface area (Å²) >= 11 is 0. The molecule has 0 amide bonds. The number of hydrogen-bond acceptors (Lipinski definition) is 7. The predicted octanol–water partition coefficient (Wildman–Crippen LogP) is 5.01. The molecule has 0 saturated heterocycles. The molecule has 4 aromatic heterocycles. The minimum atomic E-state index is 0.444. The molecule has 0 atom stereocenters. The Hall–Kier alpha value is -3.55. The van der Waals surface area contributed by atoms with Crippen LogP contribution in [0, 0.1) is 12.8 Å². The highest BCUT2D eigenvalue weighted by molar-refractivity contribution is 5.67. The highest BCUT2D eigenvalue weighted by Gasteiger charge is 2.21. The molecule has 8 heteroatoms. The van der Waals surface area contributed by atoms with E-state index in [0.717, 1.165) is 39.9 Å². The summed E-state index contributed by atoms with van der Waals surface area (Å²) in [6.07, 6.45) is 17.0. The van der Waals surface area contributed by atoms with Gasteiger partial charge in [-0.3, -0.25) is 4.40 Å². The first-order chi connectivity index (χ1) is 15.7. The van der Waals surface area contributed by atoms with Crippen molar-refractivity contribution in [3.63, 3.8) is 0 Å². The fourth-order valence-electron chi connectivity index (χ4n) is 4.43. The lowest BCUT2D eigenvalue weighted by molar-refractivity contribution is 0.329. The van der Waals surface area contributed by atoms with Crippen LogP contribution in [-0.2, 0) is 0 Å². The number of nitrogens with zero attached hydrogens (tertiary/aromatic N) is 6. The number of pyridine rings is 1. The Kier molecular flexibility index (Phi) is 5.66. The number of fused-ring (bicyclic) bond motifs is 1. The normalized spacial score (nSPS) is 18.6. The second-order valence-electron chi connectivity index (χ2n) is 8.54. The Morgan fingerprint density at radius 1 is 0.969 bits per heavy atom. The first kappa shape index (κ1) is 20.4. The Balaban J connectivity index is 1.42. The number of anilines is 3. The average molecular weight is 429 g/mol. The summed E-state index contributed by atoms with van der Waals surface area (Å²) < 4.78 is 2.05. The predicted molar refractivity (Wildman–Crippen MR) is 126 cm³/mol. The lowest BCUT2D eigenvalue weighted by Gasteiger charge is -2.28. The molecule has 4 aromatic rings. The molecule has 4 heterocycles. The van der Waals surface area contributed by atoms with Gasteiger partial charge in [-0.05, 0) is 56.2 Å². The maximum Gasteiger partial charge on any atom is 0.223 e. The molecular weight excluding hydrogens is 400 g/mol. The number of nitrogens with one attached hydrogen (secondary N) is 2. The van der Waals surface area contributed by atoms with Crippen molar-refractivity contribution in [2.75, 3.05) is 10.6 Å². The minimum absolute atomic E-state index is 0.444. The monoisotopic (exact) mass is 428 g/mol. The van der Waals surface area contributed by atoms with E-state index in [-0.39, 0.29) is 0 Å². The van der Waals surface area contributed by atoms with E-state index in [9.17, 15) is 0 Å². The number of aromatic nitrogens is 6. The van der Waals surface area contributed by atoms with Gasteiger partial charge in [0.25, 0.3) is 0 Å². The van der Waals surface area contributed by atoms with Crippen molar-refractivity contribution in [1.82, 2.24) is 29.3 Å². The number of aryl methyl sites for hydroxylation is 1. The quantitative estimate of drug-likeness (QED) is 0.446. The van der Waals surface area contributed by atoms with E-state index >= 15 is 0 Å². The van der Waals surface area contributed by atoms with E-state index in [1.54, 1.807) is 12.4 Å². The van der Waals surface area contributed by atoms with Gasteiger partial charge in [-0.15, -0.1) is 0 Å². The molecule has 164 valence electrons. The van der Waals surface area contributed by atoms with Crippen LogP contribution in [0.5, 0.6) is 0 Å². The van der Waals surface area contributed by atoms with E-state index in [0.29, 0.717) is 12.0 Å². The van der Waals surface area contributed by atoms with Crippen LogP contribution in [0.2, 0.25) is 0 Å². The van der Waals surface area contributed by atoms with Crippen LogP contribution in [0.15, 0.2) is 49.4 Å². The van der Waals surface area contributed by atoms with Crippen LogP contribution in [-0.4, -0.2) is 35.4 Å². The largest absolute Gasteiger partial charge is 0.352 e. The number of rotatable bonds is 6. The van der Waals surface area contributed by atoms with Crippen molar-refractivity contribution in [1.29, 1.82) is 0 Å². The standard InChI is InChI=1S/C24H28N8/c1-3-17-4-6-18(7-5-17)30-24-28-10-16(2)23(31-24)21-13-27-22-9-8-19(14-32(21)22)29-20-11-25-15-26-12-20/h8-15,17-18,29H,3-7H2,1-2H3,(H,28,30,31). The molecule has 0 aliphatic heterocycles. The van der Waals surface area contributed by atoms with Crippen molar-refractivity contribution in [2.24, 2.45) is 5.92 Å². The van der Waals surface area contributed by atoms with Gasteiger partial charge in [0.1, 0.15) is 12.0 Å². The maximum atomic E-state index is 4.89. The summed E-state index contributed by atoms with van der Waals surface area (Å²) in [6.45, 7) is 4.33. The van der Waals surface area contributed by atoms with Gasteiger partial charge >= 0.3 is 0 Å². The Morgan fingerprint density at radius 2 is 1.78 bits per heavy atom. The summed E-state index contributed by atoms with van der Waals surface area (Å²) in [7, 11) is 0. The van der Waals surface area contributed by atoms with E-state index in [1.807, 2.05) is 37.6 Å². The summed E-state index contributed by atoms with van der Waals surface area (Å²) in [5.74, 6) is 1.56. The molecule has 0 bridgehead atoms. The summed E-state index contributed by atoms with van der Waals surface area (Å²) in [6, 6.07) is 4.42. The van der Waals surface area contributed by atoms with Crippen LogP contribution in [0.25, 0.3) is 17.0 Å². The third-order valence-corrected chi connectivity index (χ3v) is 6.33. The van der Waals surface area contributed by atoms with Gasteiger partial charge < -0.3 is 10.6 Å². The van der Waals surface area contributed by atoms with Gasteiger partial charge in [0.05, 0.1) is 41.4 Å². The lowest BCUT2D eigenvalue weighted by atomic mass is 9.85. The smallest absolute Gasteiger partial charge is 0.223 e. The molecule has 1 saturated carbocycles. The molecule has 0 radical (unpaired) electrons. The number of imidazole rings is 1. The average Bonchev–Trinajstić information content (AvgIpc) is 3.24. The SMILES string of the molecule is CCC1CCC(Nc2ncc(C)c(-c3cnc4ccc(Nc5cncnc5)cn34)n2)CC1. The molecule has 5 rings (SSSR count). The second kappa shape index (κ2) is 8.90. The van der Waals surface area contributed by atoms with E-state index in [2.05, 4.69) is 41.9 Å². The van der Waals surface area contributed by atoms with Crippen LogP contribution < -0.4 is 10.6 Å². The van der Waals surface area contributed by atoms with Crippen molar-refractivity contribution in [2.45, 2.75) is 52.0 Å². The van der Waals surface area contributed by atoms with Crippen molar-refractivity contribution < 1.29 is 0 Å². The van der Waals surface area contributed by atoms with Crippen molar-refractivity contribution >= 4 is 23.0 Å². The molecule has 1 aliphatic carbocycles. The van der Waals surface area contributed by atoms with Crippen molar-refractivity contribution in [3.8, 4) is 11.4 Å². The third-order valence-electron chi connectivity index (χ3n) is 6.33. The van der Waals surface area contributed by atoms with E-state index in [1.165, 1.54) is 38.4 Å². The zero-order valence-electron chi connectivity index (χ0n) is 18.5. The van der Waals surface area contributed by atoms with E-state index in [4.69, 9.17) is 4.98 Å². The maximum absolute atomic E-state index is 4.89. The molecule has 0 spiro atoms. The molecule has 0 aromatic carbocycles. The van der Waals surface area contributed by atoms with Gasteiger partial charge in [0.2, 0.25) is 5.95 Å². The lowest BCUT2D eigenvalue weighted by Crippen LogP contribution is -2.26. The molecule has 2 N–H and O–H groups in total. The number of hydrogen-bond donors (Lipinski definition) is 2. The van der Waals surface area contributed by atoms with Gasteiger partial charge in [0, 0.05) is 18.4 Å². The highest BCUT2D eigenvalue weighted by atomic mass is 15.1. The van der Waals surface area contributed by atoms with E-state index < -0.39 is 0 Å². The van der Waals surface area contributed by atoms with Gasteiger partial charge in [0.15, 0.2) is 0 Å². The highest BCUT2D eigenvalue weighted by Crippen LogP contribution is 2.29. The van der Waals surface area contributed by atoms with Crippen LogP contribution in [0.4, 0.5) is 17.3 Å². The first-order valence-electron chi connectivity index (χ1n) is 11.3. The van der Waals surface area contributed by atoms with Crippen LogP contribution in [0.3, 0.4) is 0 Å². The third kappa shape index (κ3) is 4.26. The summed E-state index contributed by atoms with van der Waals surface area (Å²) in [4.78, 5) is 22.1. The minimum Gasteiger partial charge on any atom is -0.352 e. The Bertz CT molecular complexity index is 1200. The van der Waals surface area contributed by atoms with Gasteiger partial charge in [-0.25, -0.2) is 24.9 Å². The topological polar surface area (TPSA) is 92.9 Å². The zero-order valence-corrected chi connectivity index (χ0v) is 18.5. The summed E-state index contributed by atoms with van der Waals surface area (Å²) in [5, 5.41) is 6.90. The van der Waals surface area contributed by atoms with Crippen LogP contribution >= 0.6 is 0 Å². The van der Waals surface area contributed by atoms with Crippen LogP contribution in [0.1, 0.15) is 44.6 Å². The fraction of sp³-hybridized carbons (Fsp3) is 0.375. The molecule has 1 aliphatic rings. The van der Waals surface area contributed by atoms with Gasteiger partial charge in [-0.2, -0.15) is 0 Å². The zero-order chi connectivity index (χ0) is 21.9. The molecule has 8 nitrogen and oxygen atoms in total. The molecule has 1 fully saturated rings. The molecule has 32 heavy (non-hydrogen) atoms. The summed E-state index contributed by atoms with van der Waals surface area (Å²) in [5.41, 5.74) is 5.45. The van der Waals surface area contributed by atoms with Gasteiger partial charge in [-0.1, -0.05) is 13.3 Å². The van der Waals surface area contributed by atoms with Crippen molar-refractivity contribution in [3.05, 3.63) is 55.0 Å². The molecular formula is C24H28N8. The second-order valence-corrected chi connectivity index (χ2v) is 8.54. The Labute approximate surface area is 187 Å². The molecule has 0 unspecified atom stereocenters. The Morgan fingerprint density at radius 3 is 2.56 bits per heavy atom. The first-order valence-corrected chi connectivity index (χ1v) is 11.3.